The van der Waals surface area contributed by atoms with E-state index in [2.05, 4.69) is 23.7 Å². The smallest absolute Gasteiger partial charge is 0.170 e. The lowest BCUT2D eigenvalue weighted by Gasteiger charge is -2.23. The van der Waals surface area contributed by atoms with E-state index in [4.69, 9.17) is 12.2 Å². The first-order valence-electron chi connectivity index (χ1n) is 6.36. The first kappa shape index (κ1) is 19.2. The van der Waals surface area contributed by atoms with Crippen molar-refractivity contribution in [1.82, 2.24) is 9.80 Å². The number of hydrogen-bond donors (Lipinski definition) is 0. The van der Waals surface area contributed by atoms with Gasteiger partial charge in [0.15, 0.2) is 5.17 Å². The van der Waals surface area contributed by atoms with E-state index in [1.165, 1.54) is 11.8 Å². The van der Waals surface area contributed by atoms with Crippen molar-refractivity contribution in [2.45, 2.75) is 13.8 Å². The van der Waals surface area contributed by atoms with E-state index in [0.717, 1.165) is 28.3 Å². The summed E-state index contributed by atoms with van der Waals surface area (Å²) in [7, 11) is 3.97. The van der Waals surface area contributed by atoms with Crippen LogP contribution in [-0.2, 0) is 0 Å². The van der Waals surface area contributed by atoms with Gasteiger partial charge in [-0.2, -0.15) is 0 Å². The number of nitrogens with zero attached hydrogens (tertiary/aromatic N) is 3. The molecule has 0 N–H and O–H groups in total. The lowest BCUT2D eigenvalue weighted by molar-refractivity contribution is 0.482. The van der Waals surface area contributed by atoms with Crippen molar-refractivity contribution in [1.29, 1.82) is 0 Å². The molecule has 0 amide bonds. The molecular formula is C14H22ClN3S2. The summed E-state index contributed by atoms with van der Waals surface area (Å²) in [5.41, 5.74) is 0.945. The highest BCUT2D eigenvalue weighted by Crippen LogP contribution is 2.18. The predicted molar refractivity (Wildman–Crippen MR) is 97.6 cm³/mol. The van der Waals surface area contributed by atoms with Gasteiger partial charge in [-0.25, -0.2) is 4.99 Å². The maximum Gasteiger partial charge on any atom is 0.170 e. The average Bonchev–Trinajstić information content (AvgIpc) is 2.40. The highest BCUT2D eigenvalue weighted by molar-refractivity contribution is 8.32. The molecular weight excluding hydrogens is 310 g/mol. The van der Waals surface area contributed by atoms with Gasteiger partial charge in [-0.15, -0.1) is 12.4 Å². The molecule has 0 heterocycles. The van der Waals surface area contributed by atoms with Crippen molar-refractivity contribution in [3.05, 3.63) is 30.3 Å². The standard InChI is InChI=1S/C14H21N3S2.ClH/c1-5-17(6-2)14(18)19-13(16(3)4)15-12-10-8-7-9-11-12;/h7-11H,5-6H2,1-4H3;1H/b15-13-;. The summed E-state index contributed by atoms with van der Waals surface area (Å²) in [4.78, 5) is 8.79. The molecule has 0 aliphatic heterocycles. The fourth-order valence-corrected chi connectivity index (χ4v) is 2.81. The summed E-state index contributed by atoms with van der Waals surface area (Å²) in [5, 5.41) is 0.906. The maximum absolute atomic E-state index is 5.47. The van der Waals surface area contributed by atoms with Gasteiger partial charge in [-0.3, -0.25) is 0 Å². The van der Waals surface area contributed by atoms with Gasteiger partial charge in [0, 0.05) is 27.2 Å². The van der Waals surface area contributed by atoms with Gasteiger partial charge in [0.25, 0.3) is 0 Å². The first-order valence-corrected chi connectivity index (χ1v) is 7.58. The van der Waals surface area contributed by atoms with Gasteiger partial charge in [-0.1, -0.05) is 30.4 Å². The number of aliphatic imine (C=N–C) groups is 1. The monoisotopic (exact) mass is 331 g/mol. The van der Waals surface area contributed by atoms with Crippen LogP contribution in [0.1, 0.15) is 13.8 Å². The van der Waals surface area contributed by atoms with Crippen LogP contribution < -0.4 is 0 Å². The van der Waals surface area contributed by atoms with Crippen LogP contribution in [0.15, 0.2) is 35.3 Å². The number of para-hydroxylation sites is 1. The molecule has 0 saturated carbocycles. The zero-order valence-corrected chi connectivity index (χ0v) is 14.8. The van der Waals surface area contributed by atoms with E-state index >= 15 is 0 Å². The van der Waals surface area contributed by atoms with Gasteiger partial charge in [-0.05, 0) is 37.7 Å². The molecule has 20 heavy (non-hydrogen) atoms. The topological polar surface area (TPSA) is 18.8 Å². The zero-order chi connectivity index (χ0) is 14.3. The Bertz CT molecular complexity index is 431. The fraction of sp³-hybridized carbons (Fsp3) is 0.429. The summed E-state index contributed by atoms with van der Waals surface area (Å²) < 4.78 is 0.869. The van der Waals surface area contributed by atoms with Crippen LogP contribution in [0.3, 0.4) is 0 Å². The van der Waals surface area contributed by atoms with E-state index < -0.39 is 0 Å². The molecule has 1 aromatic carbocycles. The van der Waals surface area contributed by atoms with E-state index in [0.29, 0.717) is 0 Å². The maximum atomic E-state index is 5.47. The van der Waals surface area contributed by atoms with Crippen LogP contribution in [0.5, 0.6) is 0 Å². The molecule has 0 radical (unpaired) electrons. The van der Waals surface area contributed by atoms with Gasteiger partial charge in [0.05, 0.1) is 5.69 Å². The van der Waals surface area contributed by atoms with Crippen molar-refractivity contribution in [2.24, 2.45) is 4.99 Å². The Morgan fingerprint density at radius 1 is 1.15 bits per heavy atom. The third-order valence-corrected chi connectivity index (χ3v) is 4.14. The van der Waals surface area contributed by atoms with Crippen LogP contribution in [0, 0.1) is 0 Å². The van der Waals surface area contributed by atoms with E-state index in [-0.39, 0.29) is 12.4 Å². The van der Waals surface area contributed by atoms with E-state index in [1.807, 2.05) is 49.3 Å². The molecule has 6 heteroatoms. The summed E-state index contributed by atoms with van der Waals surface area (Å²) >= 11 is 7.01. The molecule has 0 atom stereocenters. The fourth-order valence-electron chi connectivity index (χ4n) is 1.45. The molecule has 0 fully saturated rings. The van der Waals surface area contributed by atoms with Crippen molar-refractivity contribution in [2.75, 3.05) is 27.2 Å². The van der Waals surface area contributed by atoms with Crippen LogP contribution in [0.25, 0.3) is 0 Å². The molecule has 0 unspecified atom stereocenters. The Morgan fingerprint density at radius 2 is 1.70 bits per heavy atom. The minimum atomic E-state index is 0. The Kier molecular flexibility index (Phi) is 9.63. The van der Waals surface area contributed by atoms with Crippen molar-refractivity contribution >= 4 is 51.6 Å². The Balaban J connectivity index is 0.00000361. The number of thioether (sulfide) groups is 1. The molecule has 0 aromatic heterocycles. The normalized spacial score (nSPS) is 10.7. The highest BCUT2D eigenvalue weighted by Gasteiger charge is 2.12. The van der Waals surface area contributed by atoms with Gasteiger partial charge in [0.1, 0.15) is 4.32 Å². The Labute approximate surface area is 137 Å². The van der Waals surface area contributed by atoms with Crippen molar-refractivity contribution in [3.63, 3.8) is 0 Å². The molecule has 0 bridgehead atoms. The van der Waals surface area contributed by atoms with Crippen LogP contribution in [0.4, 0.5) is 5.69 Å². The third-order valence-electron chi connectivity index (χ3n) is 2.56. The summed E-state index contributed by atoms with van der Waals surface area (Å²) in [6.07, 6.45) is 0. The number of halogens is 1. The van der Waals surface area contributed by atoms with Crippen LogP contribution in [-0.4, -0.2) is 46.5 Å². The molecule has 1 aromatic rings. The molecule has 0 spiro atoms. The van der Waals surface area contributed by atoms with Gasteiger partial charge >= 0.3 is 0 Å². The summed E-state index contributed by atoms with van der Waals surface area (Å²) in [6, 6.07) is 9.94. The second kappa shape index (κ2) is 10.0. The quantitative estimate of drug-likeness (QED) is 0.473. The van der Waals surface area contributed by atoms with Crippen LogP contribution in [0.2, 0.25) is 0 Å². The summed E-state index contributed by atoms with van der Waals surface area (Å²) in [5.74, 6) is 0. The molecule has 1 rings (SSSR count). The molecule has 112 valence electrons. The number of rotatable bonds is 3. The van der Waals surface area contributed by atoms with E-state index in [9.17, 15) is 0 Å². The minimum absolute atomic E-state index is 0. The highest BCUT2D eigenvalue weighted by atomic mass is 35.5. The van der Waals surface area contributed by atoms with Crippen molar-refractivity contribution < 1.29 is 0 Å². The predicted octanol–water partition coefficient (Wildman–Crippen LogP) is 4.02. The number of amidine groups is 1. The lowest BCUT2D eigenvalue weighted by Crippen LogP contribution is -2.30. The van der Waals surface area contributed by atoms with Gasteiger partial charge in [0.2, 0.25) is 0 Å². The first-order chi connectivity index (χ1) is 9.08. The van der Waals surface area contributed by atoms with Crippen molar-refractivity contribution in [3.8, 4) is 0 Å². The second-order valence-electron chi connectivity index (χ2n) is 4.16. The van der Waals surface area contributed by atoms with Gasteiger partial charge < -0.3 is 9.80 Å². The molecule has 0 saturated heterocycles. The van der Waals surface area contributed by atoms with E-state index in [1.54, 1.807) is 0 Å². The number of thiocarbonyl (C=S) groups is 1. The van der Waals surface area contributed by atoms with Crippen LogP contribution >= 0.6 is 36.4 Å². The largest absolute Gasteiger partial charge is 0.358 e. The Hall–Kier alpha value is -0.780. The molecule has 0 aliphatic carbocycles. The lowest BCUT2D eigenvalue weighted by atomic mass is 10.3. The molecule has 3 nitrogen and oxygen atoms in total. The SMILES string of the molecule is CCN(CC)C(=S)S/C(=N\c1ccccc1)N(C)C.Cl. The third kappa shape index (κ3) is 6.11. The number of benzene rings is 1. The average molecular weight is 332 g/mol. The minimum Gasteiger partial charge on any atom is -0.358 e. The Morgan fingerprint density at radius 3 is 2.15 bits per heavy atom. The molecule has 0 aliphatic rings. The second-order valence-corrected chi connectivity index (χ2v) is 5.77. The number of hydrogen-bond acceptors (Lipinski definition) is 3. The summed E-state index contributed by atoms with van der Waals surface area (Å²) in [6.45, 7) is 6.07. The zero-order valence-electron chi connectivity index (χ0n) is 12.4.